The van der Waals surface area contributed by atoms with E-state index in [0.717, 1.165) is 25.7 Å². The maximum atomic E-state index is 12.4. The molecule has 1 saturated heterocycles. The van der Waals surface area contributed by atoms with Gasteiger partial charge in [0.05, 0.1) is 12.0 Å². The van der Waals surface area contributed by atoms with Crippen molar-refractivity contribution in [3.8, 4) is 6.07 Å². The van der Waals surface area contributed by atoms with Crippen molar-refractivity contribution in [1.29, 1.82) is 5.26 Å². The van der Waals surface area contributed by atoms with Crippen LogP contribution in [0.1, 0.15) is 39.0 Å². The maximum Gasteiger partial charge on any atom is 0.394 e. The quantitative estimate of drug-likeness (QED) is 0.761. The summed E-state index contributed by atoms with van der Waals surface area (Å²) >= 11 is 0. The molecule has 0 bridgehead atoms. The van der Waals surface area contributed by atoms with Crippen molar-refractivity contribution in [3.63, 3.8) is 0 Å². The Labute approximate surface area is 106 Å². The molecule has 1 saturated carbocycles. The van der Waals surface area contributed by atoms with Crippen LogP contribution in [0, 0.1) is 22.7 Å². The van der Waals surface area contributed by atoms with E-state index in [2.05, 4.69) is 13.0 Å². The highest BCUT2D eigenvalue weighted by atomic mass is 19.4. The van der Waals surface area contributed by atoms with Gasteiger partial charge in [0.2, 0.25) is 0 Å². The van der Waals surface area contributed by atoms with Gasteiger partial charge >= 0.3 is 6.18 Å². The molecule has 0 aromatic carbocycles. The van der Waals surface area contributed by atoms with Gasteiger partial charge in [0.1, 0.15) is 0 Å². The number of hydrogen-bond donors (Lipinski definition) is 0. The minimum Gasteiger partial charge on any atom is -0.299 e. The summed E-state index contributed by atoms with van der Waals surface area (Å²) in [4.78, 5) is 1.96. The van der Waals surface area contributed by atoms with Gasteiger partial charge in [0, 0.05) is 25.6 Å². The Hall–Kier alpha value is -0.760. The van der Waals surface area contributed by atoms with Crippen LogP contribution in [0.15, 0.2) is 0 Å². The number of halogens is 3. The highest BCUT2D eigenvalue weighted by Crippen LogP contribution is 2.43. The van der Waals surface area contributed by atoms with Crippen molar-refractivity contribution in [2.45, 2.75) is 51.2 Å². The third-order valence-corrected chi connectivity index (χ3v) is 4.56. The van der Waals surface area contributed by atoms with Gasteiger partial charge in [-0.1, -0.05) is 6.92 Å². The number of likely N-dealkylation sites (tertiary alicyclic amines) is 1. The van der Waals surface area contributed by atoms with E-state index in [4.69, 9.17) is 5.26 Å². The molecule has 0 atom stereocenters. The summed E-state index contributed by atoms with van der Waals surface area (Å²) < 4.78 is 37.2. The molecular weight excluding hydrogens is 241 g/mol. The zero-order chi connectivity index (χ0) is 13.4. The van der Waals surface area contributed by atoms with Crippen LogP contribution in [0.2, 0.25) is 0 Å². The molecule has 2 rings (SSSR count). The molecule has 18 heavy (non-hydrogen) atoms. The van der Waals surface area contributed by atoms with E-state index < -0.39 is 12.1 Å². The number of nitrogens with zero attached hydrogens (tertiary/aromatic N) is 2. The summed E-state index contributed by atoms with van der Waals surface area (Å²) in [7, 11) is 0. The van der Waals surface area contributed by atoms with E-state index in [9.17, 15) is 13.2 Å². The largest absolute Gasteiger partial charge is 0.394 e. The molecule has 0 aromatic heterocycles. The molecule has 0 aromatic rings. The van der Waals surface area contributed by atoms with E-state index in [1.807, 2.05) is 4.90 Å². The van der Waals surface area contributed by atoms with Gasteiger partial charge in [-0.3, -0.25) is 4.90 Å². The lowest BCUT2D eigenvalue weighted by atomic mass is 9.71. The van der Waals surface area contributed by atoms with Gasteiger partial charge in [-0.2, -0.15) is 18.4 Å². The third-order valence-electron chi connectivity index (χ3n) is 4.56. The molecule has 1 aliphatic carbocycles. The Morgan fingerprint density at radius 1 is 1.28 bits per heavy atom. The van der Waals surface area contributed by atoms with Crippen LogP contribution in [0.4, 0.5) is 13.2 Å². The summed E-state index contributed by atoms with van der Waals surface area (Å²) in [6.45, 7) is 2.45. The van der Waals surface area contributed by atoms with Crippen LogP contribution >= 0.6 is 0 Å². The lowest BCUT2D eigenvalue weighted by Crippen LogP contribution is -2.57. The van der Waals surface area contributed by atoms with Crippen LogP contribution in [0.5, 0.6) is 0 Å². The standard InChI is InChI=1S/C13H19F3N2/c1-12(6-7-17)4-2-11(3-5-12)18-8-10(9-18)13(14,15)16/h10-11H,2-6,8-9H2,1H3/t11-,12+. The molecule has 2 aliphatic rings. The van der Waals surface area contributed by atoms with E-state index in [-0.39, 0.29) is 18.5 Å². The second kappa shape index (κ2) is 4.73. The van der Waals surface area contributed by atoms with Crippen LogP contribution < -0.4 is 0 Å². The second-order valence-corrected chi connectivity index (χ2v) is 6.07. The fourth-order valence-corrected chi connectivity index (χ4v) is 3.05. The summed E-state index contributed by atoms with van der Waals surface area (Å²) in [6, 6.07) is 2.52. The zero-order valence-electron chi connectivity index (χ0n) is 10.6. The molecule has 2 nitrogen and oxygen atoms in total. The molecule has 0 amide bonds. The van der Waals surface area contributed by atoms with Gasteiger partial charge in [-0.25, -0.2) is 0 Å². The predicted octanol–water partition coefficient (Wildman–Crippen LogP) is 3.34. The fraction of sp³-hybridized carbons (Fsp3) is 0.923. The van der Waals surface area contributed by atoms with E-state index >= 15 is 0 Å². The van der Waals surface area contributed by atoms with Crippen LogP contribution in [-0.4, -0.2) is 30.2 Å². The second-order valence-electron chi connectivity index (χ2n) is 6.07. The van der Waals surface area contributed by atoms with Crippen LogP contribution in [0.25, 0.3) is 0 Å². The maximum absolute atomic E-state index is 12.4. The average Bonchev–Trinajstić information content (AvgIpc) is 2.17. The molecule has 0 unspecified atom stereocenters. The third kappa shape index (κ3) is 2.80. The molecule has 1 aliphatic heterocycles. The summed E-state index contributed by atoms with van der Waals surface area (Å²) in [5, 5.41) is 8.75. The van der Waals surface area contributed by atoms with Crippen molar-refractivity contribution >= 4 is 0 Å². The molecule has 0 N–H and O–H groups in total. The number of alkyl halides is 3. The predicted molar refractivity (Wildman–Crippen MR) is 61.7 cm³/mol. The molecule has 1 heterocycles. The minimum atomic E-state index is -4.03. The van der Waals surface area contributed by atoms with Crippen molar-refractivity contribution in [1.82, 2.24) is 4.90 Å². The van der Waals surface area contributed by atoms with Gasteiger partial charge in [0.15, 0.2) is 0 Å². The molecule has 5 heteroatoms. The molecular formula is C13H19F3N2. The van der Waals surface area contributed by atoms with Gasteiger partial charge in [0.25, 0.3) is 0 Å². The van der Waals surface area contributed by atoms with Gasteiger partial charge < -0.3 is 0 Å². The highest BCUT2D eigenvalue weighted by Gasteiger charge is 2.49. The van der Waals surface area contributed by atoms with E-state index in [0.29, 0.717) is 12.5 Å². The van der Waals surface area contributed by atoms with Gasteiger partial charge in [-0.05, 0) is 31.1 Å². The molecule has 2 fully saturated rings. The molecule has 0 spiro atoms. The van der Waals surface area contributed by atoms with Crippen molar-refractivity contribution in [2.24, 2.45) is 11.3 Å². The first-order valence-electron chi connectivity index (χ1n) is 6.52. The smallest absolute Gasteiger partial charge is 0.299 e. The fourth-order valence-electron chi connectivity index (χ4n) is 3.05. The molecule has 0 radical (unpaired) electrons. The number of nitriles is 1. The Balaban J connectivity index is 1.78. The van der Waals surface area contributed by atoms with E-state index in [1.165, 1.54) is 0 Å². The summed E-state index contributed by atoms with van der Waals surface area (Å²) in [6.07, 6.45) is 0.313. The number of rotatable bonds is 2. The normalized spacial score (nSPS) is 34.9. The summed E-state index contributed by atoms with van der Waals surface area (Å²) in [5.41, 5.74) is 0.0829. The lowest BCUT2D eigenvalue weighted by Gasteiger charge is -2.48. The Bertz CT molecular complexity index is 331. The Morgan fingerprint density at radius 2 is 1.83 bits per heavy atom. The molecule has 102 valence electrons. The highest BCUT2D eigenvalue weighted by molar-refractivity contribution is 4.95. The first-order chi connectivity index (χ1) is 8.34. The van der Waals surface area contributed by atoms with Crippen molar-refractivity contribution in [3.05, 3.63) is 0 Å². The SMILES string of the molecule is C[C@]1(CC#N)CC[C@@H](N2CC(C(F)(F)F)C2)CC1. The average molecular weight is 260 g/mol. The number of hydrogen-bond acceptors (Lipinski definition) is 2. The Kier molecular flexibility index (Phi) is 3.59. The van der Waals surface area contributed by atoms with Crippen LogP contribution in [-0.2, 0) is 0 Å². The minimum absolute atomic E-state index is 0.0829. The zero-order valence-corrected chi connectivity index (χ0v) is 10.6. The first-order valence-corrected chi connectivity index (χ1v) is 6.52. The van der Waals surface area contributed by atoms with Crippen LogP contribution in [0.3, 0.4) is 0 Å². The van der Waals surface area contributed by atoms with Crippen molar-refractivity contribution in [2.75, 3.05) is 13.1 Å². The topological polar surface area (TPSA) is 27.0 Å². The summed E-state index contributed by atoms with van der Waals surface area (Å²) in [5.74, 6) is -1.12. The van der Waals surface area contributed by atoms with Gasteiger partial charge in [-0.15, -0.1) is 0 Å². The monoisotopic (exact) mass is 260 g/mol. The Morgan fingerprint density at radius 3 is 2.28 bits per heavy atom. The van der Waals surface area contributed by atoms with Crippen molar-refractivity contribution < 1.29 is 13.2 Å². The first kappa shape index (κ1) is 13.7. The lowest BCUT2D eigenvalue weighted by molar-refractivity contribution is -0.215. The van der Waals surface area contributed by atoms with E-state index in [1.54, 1.807) is 0 Å².